The van der Waals surface area contributed by atoms with Crippen molar-refractivity contribution in [3.05, 3.63) is 69.4 Å². The number of benzene rings is 2. The molecule has 0 radical (unpaired) electrons. The van der Waals surface area contributed by atoms with Gasteiger partial charge in [-0.3, -0.25) is 10.1 Å². The molecule has 0 saturated carbocycles. The lowest BCUT2D eigenvalue weighted by Crippen LogP contribution is -2.47. The third kappa shape index (κ3) is 5.32. The highest BCUT2D eigenvalue weighted by molar-refractivity contribution is 5.95. The van der Waals surface area contributed by atoms with E-state index in [1.54, 1.807) is 31.2 Å². The van der Waals surface area contributed by atoms with E-state index < -0.39 is 23.0 Å². The predicted molar refractivity (Wildman–Crippen MR) is 116 cm³/mol. The Morgan fingerprint density at radius 1 is 1.09 bits per heavy atom. The van der Waals surface area contributed by atoms with Crippen LogP contribution in [0.5, 0.6) is 17.2 Å². The molecule has 1 unspecified atom stereocenters. The number of rotatable bonds is 9. The van der Waals surface area contributed by atoms with Crippen molar-refractivity contribution >= 4 is 17.7 Å². The second kappa shape index (κ2) is 10.4. The van der Waals surface area contributed by atoms with Crippen LogP contribution in [0.2, 0.25) is 0 Å². The van der Waals surface area contributed by atoms with E-state index in [9.17, 15) is 19.7 Å². The van der Waals surface area contributed by atoms with Gasteiger partial charge in [-0.05, 0) is 36.8 Å². The van der Waals surface area contributed by atoms with E-state index in [2.05, 4.69) is 10.6 Å². The number of carbonyl (C=O) groups is 2. The monoisotopic (exact) mass is 457 g/mol. The van der Waals surface area contributed by atoms with Crippen LogP contribution < -0.4 is 24.8 Å². The van der Waals surface area contributed by atoms with Crippen LogP contribution in [0.3, 0.4) is 0 Å². The lowest BCUT2D eigenvalue weighted by atomic mass is 9.95. The molecule has 3 rings (SSSR count). The first-order valence-electron chi connectivity index (χ1n) is 9.94. The van der Waals surface area contributed by atoms with E-state index in [-0.39, 0.29) is 41.7 Å². The van der Waals surface area contributed by atoms with Gasteiger partial charge in [0, 0.05) is 0 Å². The van der Waals surface area contributed by atoms with Crippen LogP contribution in [0.4, 0.5) is 10.5 Å². The summed E-state index contributed by atoms with van der Waals surface area (Å²) in [6.45, 7) is 1.46. The summed E-state index contributed by atoms with van der Waals surface area (Å²) in [7, 11) is 2.92. The number of nitro groups is 1. The molecule has 33 heavy (non-hydrogen) atoms. The number of urea groups is 1. The van der Waals surface area contributed by atoms with Crippen LogP contribution in [0, 0.1) is 10.1 Å². The van der Waals surface area contributed by atoms with Crippen molar-refractivity contribution in [2.45, 2.75) is 13.0 Å². The summed E-state index contributed by atoms with van der Waals surface area (Å²) in [4.78, 5) is 36.0. The summed E-state index contributed by atoms with van der Waals surface area (Å²) >= 11 is 0. The molecule has 0 aliphatic carbocycles. The molecule has 2 aromatic rings. The van der Waals surface area contributed by atoms with Gasteiger partial charge in [-0.15, -0.1) is 0 Å². The molecule has 11 heteroatoms. The van der Waals surface area contributed by atoms with Gasteiger partial charge in [0.2, 0.25) is 0 Å². The van der Waals surface area contributed by atoms with Gasteiger partial charge in [-0.25, -0.2) is 9.59 Å². The van der Waals surface area contributed by atoms with Crippen molar-refractivity contribution < 1.29 is 33.5 Å². The van der Waals surface area contributed by atoms with Crippen molar-refractivity contribution in [3.8, 4) is 17.2 Å². The summed E-state index contributed by atoms with van der Waals surface area (Å²) in [5.74, 6) is 0.185. The average molecular weight is 457 g/mol. The van der Waals surface area contributed by atoms with Gasteiger partial charge in [0.25, 0.3) is 0 Å². The maximum Gasteiger partial charge on any atom is 0.338 e. The molecule has 2 amide bonds. The Balaban J connectivity index is 1.99. The summed E-state index contributed by atoms with van der Waals surface area (Å²) < 4.78 is 21.0. The fourth-order valence-electron chi connectivity index (χ4n) is 3.27. The van der Waals surface area contributed by atoms with Gasteiger partial charge in [-0.1, -0.05) is 12.1 Å². The molecule has 174 valence electrons. The summed E-state index contributed by atoms with van der Waals surface area (Å²) in [6, 6.07) is 9.53. The molecular formula is C22H23N3O8. The number of carbonyl (C=O) groups excluding carboxylic acids is 2. The van der Waals surface area contributed by atoms with Crippen molar-refractivity contribution in [1.82, 2.24) is 10.6 Å². The predicted octanol–water partition coefficient (Wildman–Crippen LogP) is 2.86. The topological polar surface area (TPSA) is 138 Å². The zero-order chi connectivity index (χ0) is 24.0. The van der Waals surface area contributed by atoms with Crippen molar-refractivity contribution in [2.75, 3.05) is 27.4 Å². The normalized spacial score (nSPS) is 15.2. The first-order valence-corrected chi connectivity index (χ1v) is 9.94. The van der Waals surface area contributed by atoms with Crippen LogP contribution in [-0.4, -0.2) is 44.4 Å². The maximum absolute atomic E-state index is 12.8. The molecule has 1 aliphatic heterocycles. The second-order valence-corrected chi connectivity index (χ2v) is 6.80. The van der Waals surface area contributed by atoms with Crippen LogP contribution in [0.1, 0.15) is 18.5 Å². The van der Waals surface area contributed by atoms with Crippen molar-refractivity contribution in [2.24, 2.45) is 0 Å². The maximum atomic E-state index is 12.8. The Kier molecular flexibility index (Phi) is 7.34. The fourth-order valence-corrected chi connectivity index (χ4v) is 3.27. The Morgan fingerprint density at radius 3 is 2.36 bits per heavy atom. The van der Waals surface area contributed by atoms with Crippen molar-refractivity contribution in [1.29, 1.82) is 0 Å². The van der Waals surface area contributed by atoms with E-state index in [1.807, 2.05) is 0 Å². The number of hydrogen-bond acceptors (Lipinski definition) is 8. The standard InChI is InChI=1S/C22H23N3O8/c1-4-32-21(26)19-16(12-33-18-10-9-15(31-3)11-17(18)25(28)29)23-22(27)24-20(19)13-5-7-14(30-2)8-6-13/h5-11,20H,4,12H2,1-3H3,(H2,23,24,27). The zero-order valence-corrected chi connectivity index (χ0v) is 18.2. The highest BCUT2D eigenvalue weighted by Gasteiger charge is 2.34. The molecule has 0 spiro atoms. The third-order valence-corrected chi connectivity index (χ3v) is 4.83. The lowest BCUT2D eigenvalue weighted by Gasteiger charge is -2.29. The number of hydrogen-bond donors (Lipinski definition) is 2. The number of nitro benzene ring substituents is 1. The van der Waals surface area contributed by atoms with E-state index in [0.29, 0.717) is 11.3 Å². The van der Waals surface area contributed by atoms with E-state index in [1.165, 1.54) is 32.4 Å². The van der Waals surface area contributed by atoms with Gasteiger partial charge in [0.05, 0.1) is 49.1 Å². The van der Waals surface area contributed by atoms with Crippen LogP contribution >= 0.6 is 0 Å². The molecule has 0 aromatic heterocycles. The highest BCUT2D eigenvalue weighted by atomic mass is 16.6. The minimum Gasteiger partial charge on any atom is -0.497 e. The molecule has 2 aromatic carbocycles. The molecule has 1 atom stereocenters. The van der Waals surface area contributed by atoms with E-state index >= 15 is 0 Å². The van der Waals surface area contributed by atoms with Crippen LogP contribution in [-0.2, 0) is 9.53 Å². The highest BCUT2D eigenvalue weighted by Crippen LogP contribution is 2.33. The number of nitrogens with zero attached hydrogens (tertiary/aromatic N) is 1. The van der Waals surface area contributed by atoms with E-state index in [0.717, 1.165) is 0 Å². The molecule has 0 fully saturated rings. The first kappa shape index (κ1) is 23.4. The Hall–Kier alpha value is -4.28. The SMILES string of the molecule is CCOC(=O)C1=C(COc2ccc(OC)cc2[N+](=O)[O-])NC(=O)NC1c1ccc(OC)cc1. The van der Waals surface area contributed by atoms with Crippen LogP contribution in [0.25, 0.3) is 0 Å². The molecule has 11 nitrogen and oxygen atoms in total. The molecule has 1 heterocycles. The molecule has 0 bridgehead atoms. The molecule has 1 aliphatic rings. The Bertz CT molecular complexity index is 1080. The molecule has 0 saturated heterocycles. The minimum atomic E-state index is -0.826. The lowest BCUT2D eigenvalue weighted by molar-refractivity contribution is -0.385. The van der Waals surface area contributed by atoms with Gasteiger partial charge < -0.3 is 29.6 Å². The second-order valence-electron chi connectivity index (χ2n) is 6.80. The quantitative estimate of drug-likeness (QED) is 0.333. The summed E-state index contributed by atoms with van der Waals surface area (Å²) in [5.41, 5.74) is 0.544. The number of esters is 1. The van der Waals surface area contributed by atoms with Gasteiger partial charge >= 0.3 is 17.7 Å². The molecular weight excluding hydrogens is 434 g/mol. The fraction of sp³-hybridized carbons (Fsp3) is 0.273. The van der Waals surface area contributed by atoms with Gasteiger partial charge in [-0.2, -0.15) is 0 Å². The minimum absolute atomic E-state index is 0.0507. The Labute approximate surface area is 189 Å². The first-order chi connectivity index (χ1) is 15.9. The summed E-state index contributed by atoms with van der Waals surface area (Å²) in [5, 5.41) is 16.7. The zero-order valence-electron chi connectivity index (χ0n) is 18.2. The Morgan fingerprint density at radius 2 is 1.76 bits per heavy atom. The smallest absolute Gasteiger partial charge is 0.338 e. The molecule has 2 N–H and O–H groups in total. The van der Waals surface area contributed by atoms with Crippen LogP contribution in [0.15, 0.2) is 53.7 Å². The number of ether oxygens (including phenoxy) is 4. The van der Waals surface area contributed by atoms with Gasteiger partial charge in [0.15, 0.2) is 5.75 Å². The van der Waals surface area contributed by atoms with E-state index in [4.69, 9.17) is 18.9 Å². The largest absolute Gasteiger partial charge is 0.497 e. The van der Waals surface area contributed by atoms with Gasteiger partial charge in [0.1, 0.15) is 18.1 Å². The third-order valence-electron chi connectivity index (χ3n) is 4.83. The average Bonchev–Trinajstić information content (AvgIpc) is 2.82. The number of nitrogens with one attached hydrogen (secondary N) is 2. The van der Waals surface area contributed by atoms with Crippen molar-refractivity contribution in [3.63, 3.8) is 0 Å². The number of amides is 2. The summed E-state index contributed by atoms with van der Waals surface area (Å²) in [6.07, 6.45) is 0. The number of methoxy groups -OCH3 is 2.